The highest BCUT2D eigenvalue weighted by Gasteiger charge is 2.30. The fraction of sp³-hybridized carbons (Fsp3) is 0.500. The van der Waals surface area contributed by atoms with E-state index in [1.165, 1.54) is 11.1 Å². The second-order valence-electron chi connectivity index (χ2n) is 13.6. The maximum absolute atomic E-state index is 14.2. The van der Waals surface area contributed by atoms with E-state index in [0.29, 0.717) is 24.5 Å². The first-order valence-electron chi connectivity index (χ1n) is 16.5. The first-order valence-corrected chi connectivity index (χ1v) is 16.5. The molecule has 2 unspecified atom stereocenters. The zero-order valence-electron chi connectivity index (χ0n) is 29.5. The lowest BCUT2D eigenvalue weighted by Crippen LogP contribution is -2.35. The average Bonchev–Trinajstić information content (AvgIpc) is 3.14. The number of allylic oxidation sites excluding steroid dienone is 1. The van der Waals surface area contributed by atoms with Crippen molar-refractivity contribution < 1.29 is 14.3 Å². The summed E-state index contributed by atoms with van der Waals surface area (Å²) in [5.74, 6) is 1.02. The topological polar surface area (TPSA) is 68.7 Å². The van der Waals surface area contributed by atoms with Crippen molar-refractivity contribution in [3.63, 3.8) is 0 Å². The summed E-state index contributed by atoms with van der Waals surface area (Å²) in [4.78, 5) is 39.0. The SMILES string of the molecule is C=C(N=CC1=C(C(C)CC)N(C)CCN(c2cccc(CCC(CCN(C)C(=O)OC(C)(C)C)c3ccccc3)c2)C1=O)N(C)C. The van der Waals surface area contributed by atoms with Crippen LogP contribution in [0.5, 0.6) is 0 Å². The minimum absolute atomic E-state index is 0.0422. The zero-order valence-corrected chi connectivity index (χ0v) is 29.5. The summed E-state index contributed by atoms with van der Waals surface area (Å²) in [7, 11) is 7.65. The van der Waals surface area contributed by atoms with Crippen LogP contribution < -0.4 is 4.90 Å². The number of benzene rings is 2. The Morgan fingerprint density at radius 2 is 1.76 bits per heavy atom. The van der Waals surface area contributed by atoms with E-state index in [2.05, 4.69) is 73.8 Å². The Bertz CT molecular complexity index is 1390. The van der Waals surface area contributed by atoms with E-state index in [9.17, 15) is 9.59 Å². The van der Waals surface area contributed by atoms with Crippen LogP contribution >= 0.6 is 0 Å². The van der Waals surface area contributed by atoms with Gasteiger partial charge in [0.2, 0.25) is 0 Å². The van der Waals surface area contributed by atoms with Gasteiger partial charge in [0.15, 0.2) is 0 Å². The van der Waals surface area contributed by atoms with E-state index >= 15 is 0 Å². The molecule has 2 aromatic carbocycles. The second-order valence-corrected chi connectivity index (χ2v) is 13.6. The molecule has 0 fully saturated rings. The standard InChI is InChI=1S/C38H55N5O3/c1-11-28(2)35-34(27-39-29(3)40(7)8)36(44)43(25-24-41(35)9)33-19-15-16-30(26-33)20-21-32(31-17-13-12-14-18-31)22-23-42(10)37(45)46-38(4,5)6/h12-19,26-28,32H,3,11,20-25H2,1-2,4-10H3. The van der Waals surface area contributed by atoms with Crippen molar-refractivity contribution >= 4 is 23.9 Å². The molecule has 0 aromatic heterocycles. The number of anilines is 1. The number of hydrogen-bond donors (Lipinski definition) is 0. The normalized spacial score (nSPS) is 15.5. The van der Waals surface area contributed by atoms with Gasteiger partial charge in [0, 0.05) is 65.4 Å². The summed E-state index contributed by atoms with van der Waals surface area (Å²) in [6, 6.07) is 18.8. The predicted molar refractivity (Wildman–Crippen MR) is 190 cm³/mol. The highest BCUT2D eigenvalue weighted by molar-refractivity contribution is 6.19. The third-order valence-corrected chi connectivity index (χ3v) is 8.55. The van der Waals surface area contributed by atoms with Crippen LogP contribution in [0, 0.1) is 5.92 Å². The summed E-state index contributed by atoms with van der Waals surface area (Å²) in [6.07, 6.45) is 4.89. The van der Waals surface area contributed by atoms with E-state index in [-0.39, 0.29) is 23.8 Å². The number of ether oxygens (including phenoxy) is 1. The highest BCUT2D eigenvalue weighted by Crippen LogP contribution is 2.30. The van der Waals surface area contributed by atoms with Gasteiger partial charge in [0.1, 0.15) is 11.4 Å². The van der Waals surface area contributed by atoms with Gasteiger partial charge in [-0.15, -0.1) is 0 Å². The van der Waals surface area contributed by atoms with Crippen molar-refractivity contribution in [3.8, 4) is 0 Å². The van der Waals surface area contributed by atoms with Gasteiger partial charge in [0.05, 0.1) is 5.57 Å². The van der Waals surface area contributed by atoms with Gasteiger partial charge >= 0.3 is 6.09 Å². The summed E-state index contributed by atoms with van der Waals surface area (Å²) in [5, 5.41) is 0. The van der Waals surface area contributed by atoms with Crippen LogP contribution in [0.4, 0.5) is 10.5 Å². The maximum atomic E-state index is 14.2. The molecule has 2 amide bonds. The number of carbonyl (C=O) groups is 2. The third-order valence-electron chi connectivity index (χ3n) is 8.55. The molecule has 2 atom stereocenters. The van der Waals surface area contributed by atoms with Crippen molar-refractivity contribution in [1.29, 1.82) is 0 Å². The average molecular weight is 630 g/mol. The Hall–Kier alpha value is -4.07. The Balaban J connectivity index is 1.84. The van der Waals surface area contributed by atoms with Crippen LogP contribution in [0.15, 0.2) is 83.3 Å². The first kappa shape index (κ1) is 36.4. The van der Waals surface area contributed by atoms with E-state index in [1.807, 2.05) is 62.9 Å². The van der Waals surface area contributed by atoms with Gasteiger partial charge < -0.3 is 24.3 Å². The maximum Gasteiger partial charge on any atom is 0.410 e. The van der Waals surface area contributed by atoms with Crippen molar-refractivity contribution in [3.05, 3.63) is 89.4 Å². The van der Waals surface area contributed by atoms with E-state index in [4.69, 9.17) is 4.74 Å². The van der Waals surface area contributed by atoms with Gasteiger partial charge in [-0.1, -0.05) is 62.9 Å². The van der Waals surface area contributed by atoms with Crippen molar-refractivity contribution in [1.82, 2.24) is 14.7 Å². The smallest absolute Gasteiger partial charge is 0.410 e. The fourth-order valence-corrected chi connectivity index (χ4v) is 5.59. The first-order chi connectivity index (χ1) is 21.7. The summed E-state index contributed by atoms with van der Waals surface area (Å²) < 4.78 is 5.57. The summed E-state index contributed by atoms with van der Waals surface area (Å²) >= 11 is 0. The molecule has 1 aliphatic heterocycles. The molecule has 0 saturated heterocycles. The van der Waals surface area contributed by atoms with Gasteiger partial charge in [0.25, 0.3) is 5.91 Å². The van der Waals surface area contributed by atoms with E-state index in [0.717, 1.165) is 43.6 Å². The monoisotopic (exact) mass is 629 g/mol. The molecule has 0 aliphatic carbocycles. The minimum atomic E-state index is -0.528. The summed E-state index contributed by atoms with van der Waals surface area (Å²) in [5.41, 5.74) is 4.42. The molecule has 0 saturated carbocycles. The molecule has 0 spiro atoms. The molecular weight excluding hydrogens is 574 g/mol. The summed E-state index contributed by atoms with van der Waals surface area (Å²) in [6.45, 7) is 15.9. The molecule has 0 N–H and O–H groups in total. The molecule has 250 valence electrons. The number of rotatable bonds is 13. The molecule has 8 nitrogen and oxygen atoms in total. The lowest BCUT2D eigenvalue weighted by molar-refractivity contribution is -0.114. The Morgan fingerprint density at radius 1 is 1.07 bits per heavy atom. The molecule has 2 aromatic rings. The number of amides is 2. The van der Waals surface area contributed by atoms with Crippen molar-refractivity contribution in [2.75, 3.05) is 52.7 Å². The molecular formula is C38H55N5O3. The molecule has 1 aliphatic rings. The Kier molecular flexibility index (Phi) is 13.0. The highest BCUT2D eigenvalue weighted by atomic mass is 16.6. The Labute approximate surface area is 277 Å². The molecule has 1 heterocycles. The van der Waals surface area contributed by atoms with Gasteiger partial charge in [-0.05, 0) is 81.5 Å². The Morgan fingerprint density at radius 3 is 2.39 bits per heavy atom. The van der Waals surface area contributed by atoms with Crippen molar-refractivity contribution in [2.24, 2.45) is 10.9 Å². The number of likely N-dealkylation sites (N-methyl/N-ethyl adjacent to an activating group) is 1. The van der Waals surface area contributed by atoms with Crippen LogP contribution in [-0.4, -0.2) is 86.3 Å². The second kappa shape index (κ2) is 16.5. The van der Waals surface area contributed by atoms with Gasteiger partial charge in [-0.25, -0.2) is 9.79 Å². The molecule has 46 heavy (non-hydrogen) atoms. The van der Waals surface area contributed by atoms with Gasteiger partial charge in [-0.3, -0.25) is 4.79 Å². The third kappa shape index (κ3) is 10.2. The molecule has 0 radical (unpaired) electrons. The lowest BCUT2D eigenvalue weighted by Gasteiger charge is -2.26. The quantitative estimate of drug-likeness (QED) is 0.217. The largest absolute Gasteiger partial charge is 0.444 e. The van der Waals surface area contributed by atoms with Crippen LogP contribution in [0.1, 0.15) is 70.9 Å². The number of carbonyl (C=O) groups excluding carboxylic acids is 2. The zero-order chi connectivity index (χ0) is 34.0. The molecule has 8 heteroatoms. The van der Waals surface area contributed by atoms with Crippen molar-refractivity contribution in [2.45, 2.75) is 71.8 Å². The number of hydrogen-bond acceptors (Lipinski definition) is 6. The fourth-order valence-electron chi connectivity index (χ4n) is 5.59. The van der Waals surface area contributed by atoms with Crippen LogP contribution in [0.2, 0.25) is 0 Å². The van der Waals surface area contributed by atoms with Crippen LogP contribution in [0.25, 0.3) is 0 Å². The van der Waals surface area contributed by atoms with E-state index in [1.54, 1.807) is 18.2 Å². The lowest BCUT2D eigenvalue weighted by atomic mass is 9.89. The minimum Gasteiger partial charge on any atom is -0.444 e. The molecule has 0 bridgehead atoms. The number of nitrogens with zero attached hydrogens (tertiary/aromatic N) is 5. The molecule has 3 rings (SSSR count). The van der Waals surface area contributed by atoms with Gasteiger partial charge in [-0.2, -0.15) is 0 Å². The number of aliphatic imine (C=N–C) groups is 1. The van der Waals surface area contributed by atoms with Crippen LogP contribution in [0.3, 0.4) is 0 Å². The van der Waals surface area contributed by atoms with E-state index < -0.39 is 5.60 Å². The number of aryl methyl sites for hydroxylation is 1. The van der Waals surface area contributed by atoms with Crippen LogP contribution in [-0.2, 0) is 16.0 Å². The predicted octanol–water partition coefficient (Wildman–Crippen LogP) is 7.34.